The second-order valence-electron chi connectivity index (χ2n) is 5.69. The minimum absolute atomic E-state index is 0.0722. The van der Waals surface area contributed by atoms with Crippen molar-refractivity contribution in [2.75, 3.05) is 10.6 Å². The molecule has 0 bridgehead atoms. The van der Waals surface area contributed by atoms with Crippen molar-refractivity contribution in [2.24, 2.45) is 5.92 Å². The molecule has 0 spiro atoms. The van der Waals surface area contributed by atoms with Crippen LogP contribution >= 0.6 is 0 Å². The Morgan fingerprint density at radius 3 is 2.79 bits per heavy atom. The van der Waals surface area contributed by atoms with Crippen LogP contribution in [-0.4, -0.2) is 18.1 Å². The molecule has 1 amide bonds. The molecule has 19 heavy (non-hydrogen) atoms. The van der Waals surface area contributed by atoms with Crippen LogP contribution in [0.4, 0.5) is 11.4 Å². The van der Waals surface area contributed by atoms with Crippen molar-refractivity contribution in [3.63, 3.8) is 0 Å². The summed E-state index contributed by atoms with van der Waals surface area (Å²) in [5, 5.41) is 6.48. The minimum Gasteiger partial charge on any atom is -0.489 e. The van der Waals surface area contributed by atoms with Crippen molar-refractivity contribution in [2.45, 2.75) is 45.3 Å². The maximum Gasteiger partial charge on any atom is 0.226 e. The van der Waals surface area contributed by atoms with E-state index in [0.717, 1.165) is 17.1 Å². The van der Waals surface area contributed by atoms with Crippen molar-refractivity contribution in [3.8, 4) is 5.75 Å². The van der Waals surface area contributed by atoms with Gasteiger partial charge < -0.3 is 15.4 Å². The van der Waals surface area contributed by atoms with Crippen molar-refractivity contribution in [3.05, 3.63) is 18.2 Å². The summed E-state index contributed by atoms with van der Waals surface area (Å²) < 4.78 is 5.77. The number of amides is 1. The minimum atomic E-state index is 0.0722. The summed E-state index contributed by atoms with van der Waals surface area (Å²) in [5.41, 5.74) is 1.75. The molecule has 1 aromatic carbocycles. The van der Waals surface area contributed by atoms with Crippen molar-refractivity contribution in [1.29, 1.82) is 0 Å². The zero-order chi connectivity index (χ0) is 13.4. The monoisotopic (exact) mass is 260 g/mol. The number of hydrogen-bond donors (Lipinski definition) is 2. The fourth-order valence-corrected chi connectivity index (χ4v) is 2.56. The number of rotatable bonds is 3. The molecule has 0 radical (unpaired) electrons. The van der Waals surface area contributed by atoms with Gasteiger partial charge in [0.25, 0.3) is 0 Å². The molecule has 1 aromatic rings. The number of nitrogens with one attached hydrogen (secondary N) is 2. The quantitative estimate of drug-likeness (QED) is 0.878. The first-order valence-electron chi connectivity index (χ1n) is 6.99. The van der Waals surface area contributed by atoms with Gasteiger partial charge in [-0.3, -0.25) is 4.79 Å². The summed E-state index contributed by atoms with van der Waals surface area (Å²) in [5.74, 6) is 1.46. The van der Waals surface area contributed by atoms with Gasteiger partial charge in [-0.05, 0) is 44.7 Å². The van der Waals surface area contributed by atoms with Crippen LogP contribution in [0.1, 0.15) is 33.1 Å². The fourth-order valence-electron chi connectivity index (χ4n) is 2.56. The first-order chi connectivity index (χ1) is 9.13. The molecule has 1 atom stereocenters. The van der Waals surface area contributed by atoms with Crippen molar-refractivity contribution < 1.29 is 9.53 Å². The summed E-state index contributed by atoms with van der Waals surface area (Å²) in [6, 6.07) is 6.13. The number of para-hydroxylation sites is 1. The van der Waals surface area contributed by atoms with Crippen LogP contribution in [0.2, 0.25) is 0 Å². The zero-order valence-corrected chi connectivity index (χ0v) is 11.4. The number of fused-ring (bicyclic) bond motifs is 1. The fraction of sp³-hybridized carbons (Fsp3) is 0.533. The van der Waals surface area contributed by atoms with E-state index in [4.69, 9.17) is 4.74 Å². The number of benzene rings is 1. The van der Waals surface area contributed by atoms with E-state index in [0.29, 0.717) is 12.3 Å². The molecule has 1 aliphatic heterocycles. The van der Waals surface area contributed by atoms with Crippen LogP contribution < -0.4 is 15.4 Å². The first kappa shape index (κ1) is 12.3. The van der Waals surface area contributed by atoms with E-state index in [1.807, 2.05) is 32.0 Å². The molecule has 1 saturated carbocycles. The molecule has 102 valence electrons. The van der Waals surface area contributed by atoms with Crippen LogP contribution in [0.25, 0.3) is 0 Å². The van der Waals surface area contributed by atoms with E-state index < -0.39 is 0 Å². The Labute approximate surface area is 113 Å². The highest BCUT2D eigenvalue weighted by atomic mass is 16.5. The highest BCUT2D eigenvalue weighted by molar-refractivity contribution is 5.98. The van der Waals surface area contributed by atoms with Crippen LogP contribution in [-0.2, 0) is 4.79 Å². The van der Waals surface area contributed by atoms with Crippen LogP contribution in [0.15, 0.2) is 18.2 Å². The third-order valence-electron chi connectivity index (χ3n) is 3.59. The maximum atomic E-state index is 12.0. The maximum absolute atomic E-state index is 12.0. The van der Waals surface area contributed by atoms with Crippen LogP contribution in [0.3, 0.4) is 0 Å². The number of carbonyl (C=O) groups is 1. The second-order valence-corrected chi connectivity index (χ2v) is 5.69. The average molecular weight is 260 g/mol. The smallest absolute Gasteiger partial charge is 0.226 e. The summed E-state index contributed by atoms with van der Waals surface area (Å²) in [4.78, 5) is 12.0. The van der Waals surface area contributed by atoms with Crippen LogP contribution in [0.5, 0.6) is 5.75 Å². The van der Waals surface area contributed by atoms with E-state index in [1.165, 1.54) is 12.8 Å². The van der Waals surface area contributed by atoms with Gasteiger partial charge in [0.15, 0.2) is 0 Å². The number of anilines is 2. The molecular formula is C15H20N2O2. The Balaban J connectivity index is 1.92. The lowest BCUT2D eigenvalue weighted by Gasteiger charge is -2.18. The largest absolute Gasteiger partial charge is 0.489 e. The zero-order valence-electron chi connectivity index (χ0n) is 11.4. The Kier molecular flexibility index (Phi) is 3.09. The molecule has 4 nitrogen and oxygen atoms in total. The molecular weight excluding hydrogens is 240 g/mol. The van der Waals surface area contributed by atoms with Gasteiger partial charge >= 0.3 is 0 Å². The third-order valence-corrected chi connectivity index (χ3v) is 3.59. The standard InChI is InChI=1S/C15H20N2O2/c1-9(2)19-13-5-3-4-11-15(13)17-14(18)8-12(16-11)10-6-7-10/h3-5,9-10,12,16H,6-8H2,1-2H3,(H,17,18). The van der Waals surface area contributed by atoms with E-state index in [1.54, 1.807) is 0 Å². The van der Waals surface area contributed by atoms with Gasteiger partial charge in [-0.25, -0.2) is 0 Å². The number of carbonyl (C=O) groups excluding carboxylic acids is 1. The van der Waals surface area contributed by atoms with E-state index in [-0.39, 0.29) is 18.1 Å². The van der Waals surface area contributed by atoms with Gasteiger partial charge in [0.1, 0.15) is 11.4 Å². The van der Waals surface area contributed by atoms with Gasteiger partial charge in [0.2, 0.25) is 5.91 Å². The lowest BCUT2D eigenvalue weighted by atomic mass is 10.1. The average Bonchev–Trinajstić information content (AvgIpc) is 3.13. The number of hydrogen-bond acceptors (Lipinski definition) is 3. The number of ether oxygens (including phenoxy) is 1. The predicted molar refractivity (Wildman–Crippen MR) is 75.6 cm³/mol. The van der Waals surface area contributed by atoms with E-state index >= 15 is 0 Å². The molecule has 1 fully saturated rings. The Hall–Kier alpha value is -1.71. The SMILES string of the molecule is CC(C)Oc1cccc2c1NC(=O)CC(C1CC1)N2. The molecule has 0 saturated heterocycles. The van der Waals surface area contributed by atoms with Crippen molar-refractivity contribution in [1.82, 2.24) is 0 Å². The molecule has 1 aliphatic carbocycles. The summed E-state index contributed by atoms with van der Waals surface area (Å²) in [6.45, 7) is 3.97. The van der Waals surface area contributed by atoms with Gasteiger partial charge in [0, 0.05) is 12.5 Å². The lowest BCUT2D eigenvalue weighted by molar-refractivity contribution is -0.116. The Morgan fingerprint density at radius 2 is 2.11 bits per heavy atom. The van der Waals surface area contributed by atoms with Crippen molar-refractivity contribution >= 4 is 17.3 Å². The molecule has 4 heteroatoms. The Bertz CT molecular complexity index is 495. The molecule has 2 aliphatic rings. The first-order valence-corrected chi connectivity index (χ1v) is 6.99. The van der Waals surface area contributed by atoms with Crippen LogP contribution in [0, 0.1) is 5.92 Å². The molecule has 1 heterocycles. The van der Waals surface area contributed by atoms with Gasteiger partial charge in [-0.1, -0.05) is 6.07 Å². The molecule has 2 N–H and O–H groups in total. The summed E-state index contributed by atoms with van der Waals surface area (Å²) >= 11 is 0. The highest BCUT2D eigenvalue weighted by Crippen LogP contribution is 2.41. The van der Waals surface area contributed by atoms with Gasteiger partial charge in [-0.15, -0.1) is 0 Å². The highest BCUT2D eigenvalue weighted by Gasteiger charge is 2.35. The summed E-state index contributed by atoms with van der Waals surface area (Å²) in [6.07, 6.45) is 3.08. The molecule has 0 aromatic heterocycles. The summed E-state index contributed by atoms with van der Waals surface area (Å²) in [7, 11) is 0. The predicted octanol–water partition coefficient (Wildman–Crippen LogP) is 3.01. The second kappa shape index (κ2) is 4.76. The Morgan fingerprint density at radius 1 is 1.32 bits per heavy atom. The van der Waals surface area contributed by atoms with Gasteiger partial charge in [-0.2, -0.15) is 0 Å². The molecule has 3 rings (SSSR count). The lowest BCUT2D eigenvalue weighted by Crippen LogP contribution is -2.24. The van der Waals surface area contributed by atoms with E-state index in [9.17, 15) is 4.79 Å². The normalized spacial score (nSPS) is 22.3. The van der Waals surface area contributed by atoms with E-state index in [2.05, 4.69) is 10.6 Å². The third kappa shape index (κ3) is 2.67. The molecule has 1 unspecified atom stereocenters. The topological polar surface area (TPSA) is 50.4 Å². The van der Waals surface area contributed by atoms with Gasteiger partial charge in [0.05, 0.1) is 11.8 Å².